The lowest BCUT2D eigenvalue weighted by atomic mass is 9.91. The molecule has 0 unspecified atom stereocenters. The number of pyridine rings is 1. The van der Waals surface area contributed by atoms with Gasteiger partial charge in [0.05, 0.1) is 40.8 Å². The standard InChI is InChI=1S/C22H24F3NO5/c1-12(2)31-21(28)18-14(4)26-13(3)17(20(27)30-10-9-29-5)19(18)15-7-6-8-16(11-15)22(23,24)25/h6-8,11-12H,9-10H2,1-5H3. The molecular weight excluding hydrogens is 415 g/mol. The van der Waals surface area contributed by atoms with E-state index in [1.54, 1.807) is 13.8 Å². The maximum Gasteiger partial charge on any atom is 0.416 e. The van der Waals surface area contributed by atoms with Crippen molar-refractivity contribution in [3.05, 3.63) is 52.3 Å². The molecule has 1 aromatic carbocycles. The first-order valence-corrected chi connectivity index (χ1v) is 9.53. The summed E-state index contributed by atoms with van der Waals surface area (Å²) in [5, 5.41) is 0. The Morgan fingerprint density at radius 3 is 2.19 bits per heavy atom. The Labute approximate surface area is 178 Å². The molecule has 0 radical (unpaired) electrons. The molecule has 0 saturated carbocycles. The third kappa shape index (κ3) is 5.81. The molecule has 0 fully saturated rings. The molecule has 0 bridgehead atoms. The second kappa shape index (κ2) is 9.91. The normalized spacial score (nSPS) is 11.5. The SMILES string of the molecule is COCCOC(=O)c1c(C)nc(C)c(C(=O)OC(C)C)c1-c1cccc(C(F)(F)F)c1. The fraction of sp³-hybridized carbons (Fsp3) is 0.409. The molecule has 0 amide bonds. The topological polar surface area (TPSA) is 74.7 Å². The summed E-state index contributed by atoms with van der Waals surface area (Å²) in [6, 6.07) is 4.39. The Hall–Kier alpha value is -2.94. The Kier molecular flexibility index (Phi) is 7.78. The van der Waals surface area contributed by atoms with Crippen LogP contribution in [0.2, 0.25) is 0 Å². The van der Waals surface area contributed by atoms with Gasteiger partial charge in [0.2, 0.25) is 0 Å². The molecule has 0 atom stereocenters. The van der Waals surface area contributed by atoms with Crippen molar-refractivity contribution in [3.8, 4) is 11.1 Å². The smallest absolute Gasteiger partial charge is 0.416 e. The summed E-state index contributed by atoms with van der Waals surface area (Å²) in [6.45, 7) is 6.38. The highest BCUT2D eigenvalue weighted by atomic mass is 19.4. The van der Waals surface area contributed by atoms with Crippen LogP contribution in [0.3, 0.4) is 0 Å². The lowest BCUT2D eigenvalue weighted by molar-refractivity contribution is -0.137. The number of carbonyl (C=O) groups excluding carboxylic acids is 2. The zero-order valence-electron chi connectivity index (χ0n) is 17.9. The average Bonchev–Trinajstić information content (AvgIpc) is 2.66. The van der Waals surface area contributed by atoms with Crippen LogP contribution < -0.4 is 0 Å². The third-order valence-corrected chi connectivity index (χ3v) is 4.31. The van der Waals surface area contributed by atoms with E-state index in [-0.39, 0.29) is 46.9 Å². The summed E-state index contributed by atoms with van der Waals surface area (Å²) in [5.41, 5.74) is -0.646. The van der Waals surface area contributed by atoms with Crippen molar-refractivity contribution in [2.75, 3.05) is 20.3 Å². The van der Waals surface area contributed by atoms with Gasteiger partial charge in [-0.15, -0.1) is 0 Å². The molecule has 1 aromatic heterocycles. The summed E-state index contributed by atoms with van der Waals surface area (Å²) in [7, 11) is 1.43. The number of halogens is 3. The largest absolute Gasteiger partial charge is 0.460 e. The summed E-state index contributed by atoms with van der Waals surface area (Å²) in [6.07, 6.45) is -5.09. The van der Waals surface area contributed by atoms with Crippen molar-refractivity contribution >= 4 is 11.9 Å². The van der Waals surface area contributed by atoms with Crippen LogP contribution in [0.15, 0.2) is 24.3 Å². The number of esters is 2. The third-order valence-electron chi connectivity index (χ3n) is 4.31. The van der Waals surface area contributed by atoms with Crippen molar-refractivity contribution in [1.29, 1.82) is 0 Å². The number of aromatic nitrogens is 1. The molecule has 0 aliphatic rings. The second-order valence-corrected chi connectivity index (χ2v) is 7.07. The zero-order valence-corrected chi connectivity index (χ0v) is 17.9. The number of nitrogens with zero attached hydrogens (tertiary/aromatic N) is 1. The number of hydrogen-bond acceptors (Lipinski definition) is 6. The van der Waals surface area contributed by atoms with Gasteiger partial charge in [-0.25, -0.2) is 9.59 Å². The first-order chi connectivity index (χ1) is 14.5. The van der Waals surface area contributed by atoms with E-state index in [1.165, 1.54) is 33.1 Å². The van der Waals surface area contributed by atoms with Gasteiger partial charge in [0.25, 0.3) is 0 Å². The number of rotatable bonds is 7. The molecule has 2 aromatic rings. The summed E-state index contributed by atoms with van der Waals surface area (Å²) in [5.74, 6) is -1.62. The summed E-state index contributed by atoms with van der Waals surface area (Å²) in [4.78, 5) is 29.9. The molecule has 1 heterocycles. The van der Waals surface area contributed by atoms with Gasteiger partial charge in [0.1, 0.15) is 6.61 Å². The number of alkyl halides is 3. The molecule has 0 spiro atoms. The predicted octanol–water partition coefficient (Wildman–Crippen LogP) is 4.75. The summed E-state index contributed by atoms with van der Waals surface area (Å²) >= 11 is 0. The maximum absolute atomic E-state index is 13.3. The van der Waals surface area contributed by atoms with E-state index in [0.29, 0.717) is 0 Å². The van der Waals surface area contributed by atoms with Crippen LogP contribution in [0.4, 0.5) is 13.2 Å². The Morgan fingerprint density at radius 1 is 1.03 bits per heavy atom. The molecule has 0 aliphatic carbocycles. The van der Waals surface area contributed by atoms with Gasteiger partial charge in [-0.05, 0) is 45.4 Å². The monoisotopic (exact) mass is 439 g/mol. The lowest BCUT2D eigenvalue weighted by Gasteiger charge is -2.19. The maximum atomic E-state index is 13.3. The van der Waals surface area contributed by atoms with Crippen molar-refractivity contribution in [3.63, 3.8) is 0 Å². The van der Waals surface area contributed by atoms with Crippen molar-refractivity contribution in [1.82, 2.24) is 4.98 Å². The van der Waals surface area contributed by atoms with E-state index in [1.807, 2.05) is 0 Å². The number of methoxy groups -OCH3 is 1. The van der Waals surface area contributed by atoms with Crippen LogP contribution >= 0.6 is 0 Å². The Morgan fingerprint density at radius 2 is 1.65 bits per heavy atom. The van der Waals surface area contributed by atoms with Crippen LogP contribution in [-0.2, 0) is 20.4 Å². The van der Waals surface area contributed by atoms with Gasteiger partial charge in [0, 0.05) is 12.7 Å². The fourth-order valence-electron chi connectivity index (χ4n) is 3.05. The quantitative estimate of drug-likeness (QED) is 0.458. The van der Waals surface area contributed by atoms with Crippen LogP contribution in [-0.4, -0.2) is 43.4 Å². The average molecular weight is 439 g/mol. The molecule has 0 aliphatic heterocycles. The Balaban J connectivity index is 2.80. The predicted molar refractivity (Wildman–Crippen MR) is 107 cm³/mol. The van der Waals surface area contributed by atoms with E-state index in [4.69, 9.17) is 14.2 Å². The van der Waals surface area contributed by atoms with E-state index in [2.05, 4.69) is 4.98 Å². The first-order valence-electron chi connectivity index (χ1n) is 9.53. The van der Waals surface area contributed by atoms with Crippen molar-refractivity contribution in [2.45, 2.75) is 40.0 Å². The number of carbonyl (C=O) groups is 2. The van der Waals surface area contributed by atoms with Crippen molar-refractivity contribution < 1.29 is 37.0 Å². The second-order valence-electron chi connectivity index (χ2n) is 7.07. The molecule has 0 N–H and O–H groups in total. The number of ether oxygens (including phenoxy) is 3. The van der Waals surface area contributed by atoms with E-state index >= 15 is 0 Å². The van der Waals surface area contributed by atoms with Gasteiger partial charge in [-0.3, -0.25) is 4.98 Å². The van der Waals surface area contributed by atoms with Gasteiger partial charge >= 0.3 is 18.1 Å². The van der Waals surface area contributed by atoms with Gasteiger partial charge in [-0.2, -0.15) is 13.2 Å². The molecule has 9 heteroatoms. The minimum Gasteiger partial charge on any atom is -0.460 e. The number of hydrogen-bond donors (Lipinski definition) is 0. The molecule has 168 valence electrons. The Bertz CT molecular complexity index is 970. The van der Waals surface area contributed by atoms with E-state index in [9.17, 15) is 22.8 Å². The van der Waals surface area contributed by atoms with Crippen LogP contribution in [0.1, 0.15) is 51.5 Å². The van der Waals surface area contributed by atoms with Crippen molar-refractivity contribution in [2.24, 2.45) is 0 Å². The zero-order chi connectivity index (χ0) is 23.3. The number of benzene rings is 1. The molecule has 6 nitrogen and oxygen atoms in total. The summed E-state index contributed by atoms with van der Waals surface area (Å²) < 4.78 is 55.3. The minimum absolute atomic E-state index is 0.0100. The molecule has 31 heavy (non-hydrogen) atoms. The fourth-order valence-corrected chi connectivity index (χ4v) is 3.05. The van der Waals surface area contributed by atoms with E-state index < -0.39 is 29.8 Å². The minimum atomic E-state index is -4.61. The first kappa shape index (κ1) is 24.3. The van der Waals surface area contributed by atoms with E-state index in [0.717, 1.165) is 12.1 Å². The lowest BCUT2D eigenvalue weighted by Crippen LogP contribution is -2.20. The molecular formula is C22H24F3NO5. The highest BCUT2D eigenvalue weighted by molar-refractivity contribution is 6.07. The molecule has 0 saturated heterocycles. The van der Waals surface area contributed by atoms with Crippen LogP contribution in [0, 0.1) is 13.8 Å². The van der Waals surface area contributed by atoms with Gasteiger partial charge in [-0.1, -0.05) is 12.1 Å². The van der Waals surface area contributed by atoms with Gasteiger partial charge in [0.15, 0.2) is 0 Å². The van der Waals surface area contributed by atoms with Crippen LogP contribution in [0.25, 0.3) is 11.1 Å². The highest BCUT2D eigenvalue weighted by Gasteiger charge is 2.33. The van der Waals surface area contributed by atoms with Crippen LogP contribution in [0.5, 0.6) is 0 Å². The molecule has 2 rings (SSSR count). The van der Waals surface area contributed by atoms with Gasteiger partial charge < -0.3 is 14.2 Å². The highest BCUT2D eigenvalue weighted by Crippen LogP contribution is 2.36. The number of aryl methyl sites for hydroxylation is 2.